The molecule has 0 saturated carbocycles. The summed E-state index contributed by atoms with van der Waals surface area (Å²) < 4.78 is 9.92. The third-order valence-corrected chi connectivity index (χ3v) is 3.24. The molecular formula is C14H24Cl2O4. The Morgan fingerprint density at radius 2 is 1.20 bits per heavy atom. The standard InChI is InChI=1S/C14H24Cl2O4/c1-3-5-7-11(15)19-13(17)9-10-14(18)20-12(16)8-6-4-2/h11-12H,3-10H2,1-2H3. The minimum atomic E-state index is -0.621. The van der Waals surface area contributed by atoms with Gasteiger partial charge in [-0.1, -0.05) is 49.9 Å². The zero-order valence-corrected chi connectivity index (χ0v) is 13.7. The highest BCUT2D eigenvalue weighted by Crippen LogP contribution is 2.13. The summed E-state index contributed by atoms with van der Waals surface area (Å²) in [5.41, 5.74) is -1.24. The van der Waals surface area contributed by atoms with E-state index in [0.29, 0.717) is 12.8 Å². The largest absolute Gasteiger partial charge is 0.446 e. The van der Waals surface area contributed by atoms with Gasteiger partial charge in [0.15, 0.2) is 11.1 Å². The first kappa shape index (κ1) is 19.5. The molecule has 0 aliphatic heterocycles. The van der Waals surface area contributed by atoms with Gasteiger partial charge in [0, 0.05) is 0 Å². The van der Waals surface area contributed by atoms with Crippen molar-refractivity contribution in [3.63, 3.8) is 0 Å². The Morgan fingerprint density at radius 1 is 0.850 bits per heavy atom. The molecule has 0 heterocycles. The number of ether oxygens (including phenoxy) is 2. The van der Waals surface area contributed by atoms with Crippen LogP contribution in [-0.2, 0) is 19.1 Å². The van der Waals surface area contributed by atoms with Gasteiger partial charge in [-0.3, -0.25) is 9.59 Å². The molecule has 0 aromatic carbocycles. The third-order valence-electron chi connectivity index (χ3n) is 2.62. The predicted octanol–water partition coefficient (Wildman–Crippen LogP) is 4.36. The van der Waals surface area contributed by atoms with E-state index in [4.69, 9.17) is 32.7 Å². The molecule has 0 fully saturated rings. The van der Waals surface area contributed by atoms with Gasteiger partial charge < -0.3 is 9.47 Å². The SMILES string of the molecule is CCCCC(Cl)OC(=O)CCC(=O)OC(Cl)CCCC. The number of rotatable bonds is 11. The number of carbonyl (C=O) groups is 2. The van der Waals surface area contributed by atoms with E-state index in [1.807, 2.05) is 13.8 Å². The van der Waals surface area contributed by atoms with Gasteiger partial charge in [-0.15, -0.1) is 0 Å². The second kappa shape index (κ2) is 12.3. The van der Waals surface area contributed by atoms with E-state index in [1.54, 1.807) is 0 Å². The lowest BCUT2D eigenvalue weighted by atomic mass is 10.2. The molecular weight excluding hydrogens is 303 g/mol. The summed E-state index contributed by atoms with van der Waals surface area (Å²) in [7, 11) is 0. The van der Waals surface area contributed by atoms with Crippen LogP contribution in [0, 0.1) is 0 Å². The highest BCUT2D eigenvalue weighted by atomic mass is 35.5. The van der Waals surface area contributed by atoms with Crippen LogP contribution < -0.4 is 0 Å². The number of hydrogen-bond acceptors (Lipinski definition) is 4. The Hall–Kier alpha value is -0.480. The van der Waals surface area contributed by atoms with Gasteiger partial charge in [-0.05, 0) is 25.7 Å². The fourth-order valence-corrected chi connectivity index (χ4v) is 1.96. The van der Waals surface area contributed by atoms with Gasteiger partial charge in [-0.25, -0.2) is 0 Å². The van der Waals surface area contributed by atoms with Crippen LogP contribution in [0.2, 0.25) is 0 Å². The second-order valence-corrected chi connectivity index (χ2v) is 5.56. The monoisotopic (exact) mass is 326 g/mol. The third kappa shape index (κ3) is 11.4. The van der Waals surface area contributed by atoms with Crippen molar-refractivity contribution in [1.82, 2.24) is 0 Å². The van der Waals surface area contributed by atoms with Crippen LogP contribution >= 0.6 is 23.2 Å². The zero-order valence-electron chi connectivity index (χ0n) is 12.2. The molecule has 0 aromatic rings. The molecule has 6 heteroatoms. The second-order valence-electron chi connectivity index (χ2n) is 4.58. The Bertz CT molecular complexity index is 256. The van der Waals surface area contributed by atoms with Crippen LogP contribution in [-0.4, -0.2) is 23.1 Å². The van der Waals surface area contributed by atoms with Gasteiger partial charge in [0.1, 0.15) is 0 Å². The van der Waals surface area contributed by atoms with Crippen molar-refractivity contribution in [2.24, 2.45) is 0 Å². The van der Waals surface area contributed by atoms with Crippen molar-refractivity contribution >= 4 is 35.1 Å². The van der Waals surface area contributed by atoms with E-state index in [0.717, 1.165) is 25.7 Å². The minimum Gasteiger partial charge on any atom is -0.446 e. The molecule has 118 valence electrons. The Balaban J connectivity index is 3.74. The molecule has 0 aromatic heterocycles. The first-order valence-corrected chi connectivity index (χ1v) is 8.04. The maximum Gasteiger partial charge on any atom is 0.307 e. The van der Waals surface area contributed by atoms with Crippen molar-refractivity contribution < 1.29 is 19.1 Å². The van der Waals surface area contributed by atoms with E-state index in [9.17, 15) is 9.59 Å². The normalized spacial score (nSPS) is 13.6. The lowest BCUT2D eigenvalue weighted by Gasteiger charge is -2.12. The predicted molar refractivity (Wildman–Crippen MR) is 79.8 cm³/mol. The van der Waals surface area contributed by atoms with Crippen molar-refractivity contribution in [2.75, 3.05) is 0 Å². The molecule has 0 radical (unpaired) electrons. The van der Waals surface area contributed by atoms with Crippen molar-refractivity contribution in [1.29, 1.82) is 0 Å². The summed E-state index contributed by atoms with van der Waals surface area (Å²) in [4.78, 5) is 22.9. The van der Waals surface area contributed by atoms with Crippen LogP contribution in [0.4, 0.5) is 0 Å². The van der Waals surface area contributed by atoms with Gasteiger partial charge in [0.05, 0.1) is 12.8 Å². The average Bonchev–Trinajstić information content (AvgIpc) is 2.40. The number of alkyl halides is 2. The summed E-state index contributed by atoms with van der Waals surface area (Å²) in [5, 5.41) is 0. The Morgan fingerprint density at radius 3 is 1.50 bits per heavy atom. The lowest BCUT2D eigenvalue weighted by Crippen LogP contribution is -2.17. The molecule has 2 unspecified atom stereocenters. The summed E-state index contributed by atoms with van der Waals surface area (Å²) in [6.07, 6.45) is 4.94. The molecule has 4 nitrogen and oxygen atoms in total. The molecule has 0 saturated heterocycles. The van der Waals surface area contributed by atoms with Gasteiger partial charge >= 0.3 is 11.9 Å². The molecule has 0 spiro atoms. The first-order valence-electron chi connectivity index (χ1n) is 7.16. The fourth-order valence-electron chi connectivity index (χ4n) is 1.45. The minimum absolute atomic E-state index is 0.0361. The number of halogens is 2. The van der Waals surface area contributed by atoms with E-state index in [2.05, 4.69) is 0 Å². The molecule has 0 bridgehead atoms. The summed E-state index contributed by atoms with van der Waals surface area (Å²) in [5.74, 6) is -0.976. The molecule has 0 N–H and O–H groups in total. The molecule has 2 atom stereocenters. The zero-order chi connectivity index (χ0) is 15.4. The number of carbonyl (C=O) groups excluding carboxylic acids is 2. The number of esters is 2. The summed E-state index contributed by atoms with van der Waals surface area (Å²) >= 11 is 11.7. The van der Waals surface area contributed by atoms with Gasteiger partial charge in [0.25, 0.3) is 0 Å². The van der Waals surface area contributed by atoms with Crippen LogP contribution in [0.25, 0.3) is 0 Å². The molecule has 0 amide bonds. The smallest absolute Gasteiger partial charge is 0.307 e. The molecule has 0 aliphatic rings. The summed E-state index contributed by atoms with van der Waals surface area (Å²) in [6.45, 7) is 4.06. The van der Waals surface area contributed by atoms with E-state index < -0.39 is 23.1 Å². The van der Waals surface area contributed by atoms with E-state index >= 15 is 0 Å². The molecule has 0 rings (SSSR count). The highest BCUT2D eigenvalue weighted by Gasteiger charge is 2.15. The van der Waals surface area contributed by atoms with Crippen molar-refractivity contribution in [3.8, 4) is 0 Å². The molecule has 20 heavy (non-hydrogen) atoms. The van der Waals surface area contributed by atoms with Crippen LogP contribution in [0.5, 0.6) is 0 Å². The average molecular weight is 327 g/mol. The number of hydrogen-bond donors (Lipinski definition) is 0. The van der Waals surface area contributed by atoms with E-state index in [-0.39, 0.29) is 12.8 Å². The van der Waals surface area contributed by atoms with Gasteiger partial charge in [-0.2, -0.15) is 0 Å². The van der Waals surface area contributed by atoms with Crippen molar-refractivity contribution in [3.05, 3.63) is 0 Å². The maximum absolute atomic E-state index is 11.4. The van der Waals surface area contributed by atoms with Crippen molar-refractivity contribution in [2.45, 2.75) is 76.3 Å². The Kier molecular flexibility index (Phi) is 12.0. The Labute approximate surface area is 131 Å². The maximum atomic E-state index is 11.4. The first-order chi connectivity index (χ1) is 9.49. The van der Waals surface area contributed by atoms with E-state index in [1.165, 1.54) is 0 Å². The van der Waals surface area contributed by atoms with Crippen LogP contribution in [0.15, 0.2) is 0 Å². The topological polar surface area (TPSA) is 52.6 Å². The lowest BCUT2D eigenvalue weighted by molar-refractivity contribution is -0.152. The quantitative estimate of drug-likeness (QED) is 0.418. The summed E-state index contributed by atoms with van der Waals surface area (Å²) in [6, 6.07) is 0. The number of unbranched alkanes of at least 4 members (excludes halogenated alkanes) is 2. The fraction of sp³-hybridized carbons (Fsp3) is 0.857. The van der Waals surface area contributed by atoms with Crippen LogP contribution in [0.3, 0.4) is 0 Å². The highest BCUT2D eigenvalue weighted by molar-refractivity contribution is 6.20. The van der Waals surface area contributed by atoms with Crippen LogP contribution in [0.1, 0.15) is 65.2 Å². The molecule has 0 aliphatic carbocycles. The van der Waals surface area contributed by atoms with Gasteiger partial charge in [0.2, 0.25) is 0 Å².